The zero-order chi connectivity index (χ0) is 10.5. The normalized spacial score (nSPS) is 15.0. The molecule has 0 radical (unpaired) electrons. The summed E-state index contributed by atoms with van der Waals surface area (Å²) < 4.78 is 44.3. The molecule has 0 aromatic carbocycles. The van der Waals surface area contributed by atoms with E-state index in [9.17, 15) is 13.2 Å². The smallest absolute Gasteiger partial charge is 0.388 e. The summed E-state index contributed by atoms with van der Waals surface area (Å²) in [6, 6.07) is 0. The van der Waals surface area contributed by atoms with Gasteiger partial charge in [-0.2, -0.15) is 13.2 Å². The summed E-state index contributed by atoms with van der Waals surface area (Å²) in [5.74, 6) is 0. The second-order valence-corrected chi connectivity index (χ2v) is 2.56. The number of hydrogen-bond acceptors (Lipinski definition) is 3. The SMILES string of the molecule is COC(OC)C(O)CCC(F)(F)F. The van der Waals surface area contributed by atoms with Gasteiger partial charge in [0.15, 0.2) is 6.29 Å². The fraction of sp³-hybridized carbons (Fsp3) is 1.00. The zero-order valence-electron chi connectivity index (χ0n) is 7.47. The predicted octanol–water partition coefficient (Wildman–Crippen LogP) is 1.31. The van der Waals surface area contributed by atoms with Crippen molar-refractivity contribution in [1.29, 1.82) is 0 Å². The molecule has 1 atom stereocenters. The van der Waals surface area contributed by atoms with Gasteiger partial charge in [0.1, 0.15) is 6.10 Å². The van der Waals surface area contributed by atoms with Gasteiger partial charge in [-0.15, -0.1) is 0 Å². The summed E-state index contributed by atoms with van der Waals surface area (Å²) in [6.07, 6.45) is -7.97. The van der Waals surface area contributed by atoms with E-state index in [1.807, 2.05) is 0 Å². The fourth-order valence-corrected chi connectivity index (χ4v) is 0.858. The number of halogens is 3. The highest BCUT2D eigenvalue weighted by Crippen LogP contribution is 2.23. The van der Waals surface area contributed by atoms with Crippen LogP contribution in [0.1, 0.15) is 12.8 Å². The van der Waals surface area contributed by atoms with Gasteiger partial charge in [0.2, 0.25) is 0 Å². The fourth-order valence-electron chi connectivity index (χ4n) is 0.858. The standard InChI is InChI=1S/C7H13F3O3/c1-12-6(13-2)5(11)3-4-7(8,9)10/h5-6,11H,3-4H2,1-2H3. The summed E-state index contributed by atoms with van der Waals surface area (Å²) >= 11 is 0. The number of methoxy groups -OCH3 is 2. The lowest BCUT2D eigenvalue weighted by molar-refractivity contribution is -0.181. The number of aliphatic hydroxyl groups excluding tert-OH is 1. The van der Waals surface area contributed by atoms with Gasteiger partial charge in [0.25, 0.3) is 0 Å². The lowest BCUT2D eigenvalue weighted by Gasteiger charge is -2.20. The van der Waals surface area contributed by atoms with Crippen molar-refractivity contribution in [3.8, 4) is 0 Å². The lowest BCUT2D eigenvalue weighted by Crippen LogP contribution is -2.30. The van der Waals surface area contributed by atoms with Gasteiger partial charge in [-0.1, -0.05) is 0 Å². The van der Waals surface area contributed by atoms with Crippen molar-refractivity contribution in [2.75, 3.05) is 14.2 Å². The van der Waals surface area contributed by atoms with Crippen molar-refractivity contribution >= 4 is 0 Å². The van der Waals surface area contributed by atoms with Crippen LogP contribution in [0.15, 0.2) is 0 Å². The molecule has 0 saturated heterocycles. The molecule has 1 N–H and O–H groups in total. The van der Waals surface area contributed by atoms with E-state index < -0.39 is 31.4 Å². The largest absolute Gasteiger partial charge is 0.389 e. The molecule has 0 aromatic rings. The zero-order valence-corrected chi connectivity index (χ0v) is 7.47. The summed E-state index contributed by atoms with van der Waals surface area (Å²) in [7, 11) is 2.51. The average Bonchev–Trinajstić information content (AvgIpc) is 2.02. The van der Waals surface area contributed by atoms with Crippen LogP contribution in [0.2, 0.25) is 0 Å². The van der Waals surface area contributed by atoms with Gasteiger partial charge in [0, 0.05) is 20.6 Å². The van der Waals surface area contributed by atoms with Crippen LogP contribution in [0.25, 0.3) is 0 Å². The van der Waals surface area contributed by atoms with Gasteiger partial charge >= 0.3 is 6.18 Å². The Morgan fingerprint density at radius 2 is 1.69 bits per heavy atom. The Balaban J connectivity index is 3.78. The van der Waals surface area contributed by atoms with Crippen molar-refractivity contribution in [3.05, 3.63) is 0 Å². The van der Waals surface area contributed by atoms with Crippen LogP contribution >= 0.6 is 0 Å². The van der Waals surface area contributed by atoms with Crippen LogP contribution < -0.4 is 0 Å². The Kier molecular flexibility index (Phi) is 5.27. The van der Waals surface area contributed by atoms with Gasteiger partial charge in [0.05, 0.1) is 0 Å². The van der Waals surface area contributed by atoms with Crippen LogP contribution in [0.3, 0.4) is 0 Å². The first-order valence-corrected chi connectivity index (χ1v) is 3.71. The second-order valence-electron chi connectivity index (χ2n) is 2.56. The monoisotopic (exact) mass is 202 g/mol. The van der Waals surface area contributed by atoms with Crippen molar-refractivity contribution in [3.63, 3.8) is 0 Å². The molecule has 0 bridgehead atoms. The molecule has 0 aliphatic heterocycles. The molecule has 13 heavy (non-hydrogen) atoms. The molecule has 80 valence electrons. The third kappa shape index (κ3) is 5.84. The van der Waals surface area contributed by atoms with Gasteiger partial charge in [-0.3, -0.25) is 0 Å². The maximum atomic E-state index is 11.7. The molecule has 0 aliphatic rings. The van der Waals surface area contributed by atoms with Crippen molar-refractivity contribution in [2.45, 2.75) is 31.4 Å². The van der Waals surface area contributed by atoms with E-state index in [0.29, 0.717) is 0 Å². The molecule has 0 heterocycles. The highest BCUT2D eigenvalue weighted by Gasteiger charge is 2.30. The first-order valence-electron chi connectivity index (χ1n) is 3.71. The van der Waals surface area contributed by atoms with Gasteiger partial charge in [-0.25, -0.2) is 0 Å². The predicted molar refractivity (Wildman–Crippen MR) is 39.1 cm³/mol. The van der Waals surface area contributed by atoms with E-state index in [0.717, 1.165) is 0 Å². The Labute approximate surface area is 74.4 Å². The highest BCUT2D eigenvalue weighted by molar-refractivity contribution is 4.62. The molecule has 1 unspecified atom stereocenters. The summed E-state index contributed by atoms with van der Waals surface area (Å²) in [5.41, 5.74) is 0. The first-order chi connectivity index (χ1) is 5.90. The molecule has 0 aliphatic carbocycles. The van der Waals surface area contributed by atoms with Crippen LogP contribution in [-0.2, 0) is 9.47 Å². The van der Waals surface area contributed by atoms with Gasteiger partial charge < -0.3 is 14.6 Å². The Hall–Kier alpha value is -0.330. The third-order valence-electron chi connectivity index (χ3n) is 1.50. The molecular formula is C7H13F3O3. The minimum atomic E-state index is -4.26. The highest BCUT2D eigenvalue weighted by atomic mass is 19.4. The lowest BCUT2D eigenvalue weighted by atomic mass is 10.2. The summed E-state index contributed by atoms with van der Waals surface area (Å²) in [4.78, 5) is 0. The van der Waals surface area contributed by atoms with E-state index in [4.69, 9.17) is 5.11 Å². The Bertz CT molecular complexity index is 133. The van der Waals surface area contributed by atoms with Gasteiger partial charge in [-0.05, 0) is 6.42 Å². The van der Waals surface area contributed by atoms with Crippen molar-refractivity contribution < 1.29 is 27.8 Å². The topological polar surface area (TPSA) is 38.7 Å². The summed E-state index contributed by atoms with van der Waals surface area (Å²) in [6.45, 7) is 0. The Morgan fingerprint density at radius 1 is 1.23 bits per heavy atom. The maximum absolute atomic E-state index is 11.7. The molecular weight excluding hydrogens is 189 g/mol. The van der Waals surface area contributed by atoms with Crippen LogP contribution in [-0.4, -0.2) is 37.9 Å². The third-order valence-corrected chi connectivity index (χ3v) is 1.50. The first kappa shape index (κ1) is 12.7. The minimum Gasteiger partial charge on any atom is -0.388 e. The van der Waals surface area contributed by atoms with Crippen molar-refractivity contribution in [2.24, 2.45) is 0 Å². The molecule has 0 fully saturated rings. The number of hydrogen-bond donors (Lipinski definition) is 1. The van der Waals surface area contributed by atoms with E-state index in [1.165, 1.54) is 14.2 Å². The van der Waals surface area contributed by atoms with E-state index in [1.54, 1.807) is 0 Å². The van der Waals surface area contributed by atoms with Crippen LogP contribution in [0.5, 0.6) is 0 Å². The molecule has 0 aromatic heterocycles. The quantitative estimate of drug-likeness (QED) is 0.683. The molecule has 0 rings (SSSR count). The number of aliphatic hydroxyl groups is 1. The van der Waals surface area contributed by atoms with E-state index >= 15 is 0 Å². The van der Waals surface area contributed by atoms with Crippen LogP contribution in [0, 0.1) is 0 Å². The van der Waals surface area contributed by atoms with E-state index in [2.05, 4.69) is 9.47 Å². The van der Waals surface area contributed by atoms with E-state index in [-0.39, 0.29) is 0 Å². The maximum Gasteiger partial charge on any atom is 0.389 e. The minimum absolute atomic E-state index is 0.421. The second kappa shape index (κ2) is 5.41. The molecule has 0 spiro atoms. The number of rotatable bonds is 5. The van der Waals surface area contributed by atoms with Crippen molar-refractivity contribution in [1.82, 2.24) is 0 Å². The molecule has 6 heteroatoms. The number of alkyl halides is 3. The molecule has 3 nitrogen and oxygen atoms in total. The average molecular weight is 202 g/mol. The van der Waals surface area contributed by atoms with Crippen LogP contribution in [0.4, 0.5) is 13.2 Å². The summed E-state index contributed by atoms with van der Waals surface area (Å²) in [5, 5.41) is 9.12. The molecule has 0 saturated carbocycles. The number of ether oxygens (including phenoxy) is 2. The Morgan fingerprint density at radius 3 is 2.00 bits per heavy atom. The molecule has 0 amide bonds.